The van der Waals surface area contributed by atoms with Gasteiger partial charge in [-0.25, -0.2) is 23.7 Å². The van der Waals surface area contributed by atoms with Crippen LogP contribution in [-0.2, 0) is 55.0 Å². The topological polar surface area (TPSA) is 159 Å². The molecule has 0 amide bonds. The van der Waals surface area contributed by atoms with Crippen molar-refractivity contribution in [2.45, 2.75) is 43.9 Å². The summed E-state index contributed by atoms with van der Waals surface area (Å²) < 4.78 is 63.0. The first-order valence-corrected chi connectivity index (χ1v) is 21.0. The summed E-state index contributed by atoms with van der Waals surface area (Å²) in [5, 5.41) is 0. The zero-order chi connectivity index (χ0) is 43.2. The predicted molar refractivity (Wildman–Crippen MR) is 223 cm³/mol. The molecule has 0 bridgehead atoms. The highest BCUT2D eigenvalue weighted by atomic mass is 31.2. The summed E-state index contributed by atoms with van der Waals surface area (Å²) in [5.74, 6) is -3.40. The minimum absolute atomic E-state index is 0.107. The van der Waals surface area contributed by atoms with Gasteiger partial charge in [-0.05, 0) is 59.7 Å². The van der Waals surface area contributed by atoms with Crippen LogP contribution in [0.4, 0.5) is 0 Å². The number of hydrogen-bond acceptors (Lipinski definition) is 13. The van der Waals surface area contributed by atoms with Crippen molar-refractivity contribution in [3.63, 3.8) is 0 Å². The van der Waals surface area contributed by atoms with Gasteiger partial charge in [-0.15, -0.1) is 0 Å². The summed E-state index contributed by atoms with van der Waals surface area (Å²) in [6.07, 6.45) is -8.43. The van der Waals surface area contributed by atoms with E-state index >= 15 is 0 Å². The van der Waals surface area contributed by atoms with Gasteiger partial charge in [0.2, 0.25) is 6.29 Å². The van der Waals surface area contributed by atoms with E-state index in [4.69, 9.17) is 37.3 Å². The molecule has 7 rings (SSSR count). The largest absolute Gasteiger partial charge is 0.477 e. The SMILES string of the molecule is O=C(OC[C@H](OC(=O)c1ccccc1)[C@@H]1O[C@H](OP(=O)(OCc2ccccc2)OCc2ccccc2)[C@H](OC(=O)c2ccccc2)[C@H]1OC(=O)c1ccccc1)c1ccccc1. The van der Waals surface area contributed by atoms with Crippen LogP contribution in [0.5, 0.6) is 0 Å². The van der Waals surface area contributed by atoms with Crippen LogP contribution in [0.3, 0.4) is 0 Å². The van der Waals surface area contributed by atoms with Crippen LogP contribution in [0.25, 0.3) is 0 Å². The van der Waals surface area contributed by atoms with Gasteiger partial charge in [-0.2, -0.15) is 0 Å². The number of carbonyl (C=O) groups is 4. The van der Waals surface area contributed by atoms with Crippen molar-refractivity contribution in [3.8, 4) is 0 Å². The van der Waals surface area contributed by atoms with Gasteiger partial charge in [-0.1, -0.05) is 133 Å². The molecule has 6 aromatic rings. The van der Waals surface area contributed by atoms with Crippen molar-refractivity contribution in [3.05, 3.63) is 215 Å². The molecule has 1 aliphatic rings. The first kappa shape index (κ1) is 43.4. The number of benzene rings is 6. The van der Waals surface area contributed by atoms with E-state index in [1.165, 1.54) is 48.5 Å². The second-order valence-electron chi connectivity index (χ2n) is 13.8. The number of ether oxygens (including phenoxy) is 5. The molecular weight excluding hydrogens is 815 g/mol. The Hall–Kier alpha value is -6.73. The summed E-state index contributed by atoms with van der Waals surface area (Å²) >= 11 is 0. The van der Waals surface area contributed by atoms with E-state index in [2.05, 4.69) is 0 Å². The van der Waals surface area contributed by atoms with Gasteiger partial charge < -0.3 is 23.7 Å². The number of hydrogen-bond donors (Lipinski definition) is 0. The molecule has 0 saturated carbocycles. The molecule has 1 saturated heterocycles. The lowest BCUT2D eigenvalue weighted by molar-refractivity contribution is -0.151. The minimum atomic E-state index is -4.72. The van der Waals surface area contributed by atoms with Gasteiger partial charge in [0.25, 0.3) is 0 Å². The molecule has 0 spiro atoms. The summed E-state index contributed by atoms with van der Waals surface area (Å²) in [6.45, 7) is -1.12. The van der Waals surface area contributed by atoms with E-state index in [9.17, 15) is 23.7 Å². The Kier molecular flexibility index (Phi) is 14.8. The Balaban J connectivity index is 1.28. The highest BCUT2D eigenvalue weighted by Crippen LogP contribution is 2.54. The number of phosphoric ester groups is 1. The third kappa shape index (κ3) is 11.8. The monoisotopic (exact) mass is 856 g/mol. The molecule has 0 unspecified atom stereocenters. The standard InChI is InChI=1S/C48H41O13P/c49-44(36-23-11-3-12-24-36)54-33-40(57-45(50)37-25-13-4-14-26-37)41-42(58-46(51)38-27-15-5-16-28-38)43(59-47(52)39-29-17-6-18-30-39)48(60-41)61-62(53,55-31-34-19-7-1-8-20-34)56-32-35-21-9-2-10-22-35/h1-30,40-43,48H,31-33H2/t40-,41-,42-,43+,48+/m0/s1. The first-order valence-electron chi connectivity index (χ1n) is 19.6. The van der Waals surface area contributed by atoms with Crippen LogP contribution in [0.15, 0.2) is 182 Å². The Bertz CT molecular complexity index is 2380. The van der Waals surface area contributed by atoms with E-state index in [0.717, 1.165) is 0 Å². The molecule has 6 aromatic carbocycles. The van der Waals surface area contributed by atoms with E-state index in [1.807, 2.05) is 0 Å². The Morgan fingerprint density at radius 3 is 1.29 bits per heavy atom. The maximum atomic E-state index is 14.8. The smallest absolute Gasteiger partial charge is 0.458 e. The summed E-state index contributed by atoms with van der Waals surface area (Å²) in [5.41, 5.74) is 1.80. The van der Waals surface area contributed by atoms with Crippen LogP contribution in [-0.4, -0.2) is 61.2 Å². The van der Waals surface area contributed by atoms with Crippen molar-refractivity contribution in [1.82, 2.24) is 0 Å². The number of esters is 4. The first-order chi connectivity index (χ1) is 30.2. The Morgan fingerprint density at radius 2 is 0.855 bits per heavy atom. The molecular formula is C48H41O13P. The van der Waals surface area contributed by atoms with Gasteiger partial charge in [-0.3, -0.25) is 13.6 Å². The highest BCUT2D eigenvalue weighted by Gasteiger charge is 2.57. The molecule has 0 aliphatic carbocycles. The fourth-order valence-electron chi connectivity index (χ4n) is 6.30. The lowest BCUT2D eigenvalue weighted by Crippen LogP contribution is -2.47. The molecule has 0 radical (unpaired) electrons. The fourth-order valence-corrected chi connectivity index (χ4v) is 7.53. The van der Waals surface area contributed by atoms with E-state index < -0.39 is 69.0 Å². The van der Waals surface area contributed by atoms with Crippen LogP contribution in [0.2, 0.25) is 0 Å². The van der Waals surface area contributed by atoms with Crippen LogP contribution in [0, 0.1) is 0 Å². The average Bonchev–Trinajstić information content (AvgIpc) is 3.64. The van der Waals surface area contributed by atoms with Crippen LogP contribution in [0.1, 0.15) is 52.6 Å². The molecule has 1 fully saturated rings. The van der Waals surface area contributed by atoms with Crippen LogP contribution >= 0.6 is 7.82 Å². The van der Waals surface area contributed by atoms with E-state index in [1.54, 1.807) is 133 Å². The lowest BCUT2D eigenvalue weighted by atomic mass is 10.0. The molecule has 13 nitrogen and oxygen atoms in total. The van der Waals surface area contributed by atoms with Gasteiger partial charge in [0, 0.05) is 0 Å². The summed E-state index contributed by atoms with van der Waals surface area (Å²) in [4.78, 5) is 54.9. The third-order valence-corrected chi connectivity index (χ3v) is 10.8. The molecule has 0 N–H and O–H groups in total. The highest BCUT2D eigenvalue weighted by molar-refractivity contribution is 7.48. The molecule has 5 atom stereocenters. The third-order valence-electron chi connectivity index (χ3n) is 9.43. The van der Waals surface area contributed by atoms with Crippen molar-refractivity contribution in [2.24, 2.45) is 0 Å². The number of carbonyl (C=O) groups excluding carboxylic acids is 4. The molecule has 1 heterocycles. The quantitative estimate of drug-likeness (QED) is 0.0459. The van der Waals surface area contributed by atoms with Crippen LogP contribution < -0.4 is 0 Å². The van der Waals surface area contributed by atoms with E-state index in [0.29, 0.717) is 11.1 Å². The second-order valence-corrected chi connectivity index (χ2v) is 15.4. The lowest BCUT2D eigenvalue weighted by Gasteiger charge is -2.28. The van der Waals surface area contributed by atoms with Gasteiger partial charge in [0.1, 0.15) is 12.7 Å². The second kappa shape index (κ2) is 21.2. The molecule has 62 heavy (non-hydrogen) atoms. The molecule has 316 valence electrons. The van der Waals surface area contributed by atoms with Crippen molar-refractivity contribution in [2.75, 3.05) is 6.61 Å². The van der Waals surface area contributed by atoms with Gasteiger partial charge in [0.15, 0.2) is 18.3 Å². The Labute approximate surface area is 357 Å². The summed E-state index contributed by atoms with van der Waals surface area (Å²) in [6, 6.07) is 49.7. The van der Waals surface area contributed by atoms with Gasteiger partial charge >= 0.3 is 31.7 Å². The Morgan fingerprint density at radius 1 is 0.484 bits per heavy atom. The van der Waals surface area contributed by atoms with Crippen molar-refractivity contribution in [1.29, 1.82) is 0 Å². The summed E-state index contributed by atoms with van der Waals surface area (Å²) in [7, 11) is -4.72. The molecule has 0 aromatic heterocycles. The predicted octanol–water partition coefficient (Wildman–Crippen LogP) is 8.80. The minimum Gasteiger partial charge on any atom is -0.458 e. The average molecular weight is 857 g/mol. The van der Waals surface area contributed by atoms with E-state index in [-0.39, 0.29) is 35.5 Å². The van der Waals surface area contributed by atoms with Crippen molar-refractivity contribution < 1.29 is 61.0 Å². The molecule has 14 heteroatoms. The molecule has 1 aliphatic heterocycles. The maximum Gasteiger partial charge on any atom is 0.477 e. The fraction of sp³-hybridized carbons (Fsp3) is 0.167. The maximum absolute atomic E-state index is 14.8. The zero-order valence-electron chi connectivity index (χ0n) is 33.1. The number of rotatable bonds is 18. The van der Waals surface area contributed by atoms with Gasteiger partial charge in [0.05, 0.1) is 35.5 Å². The zero-order valence-corrected chi connectivity index (χ0v) is 34.0. The normalized spacial score (nSPS) is 17.6. The van der Waals surface area contributed by atoms with Crippen molar-refractivity contribution >= 4 is 31.7 Å². The number of phosphoric acid groups is 1.